The van der Waals surface area contributed by atoms with Crippen molar-refractivity contribution >= 4 is 0 Å². The molecule has 0 fully saturated rings. The van der Waals surface area contributed by atoms with Gasteiger partial charge in [0.15, 0.2) is 5.79 Å². The summed E-state index contributed by atoms with van der Waals surface area (Å²) in [6.07, 6.45) is 2.40. The summed E-state index contributed by atoms with van der Waals surface area (Å²) in [5, 5.41) is 10.2. The van der Waals surface area contributed by atoms with Crippen LogP contribution in [-0.2, 0) is 17.6 Å². The number of hydrogen-bond donors (Lipinski definition) is 1. The Morgan fingerprint density at radius 3 is 2.05 bits per heavy atom. The average molecular weight is 270 g/mol. The van der Waals surface area contributed by atoms with Gasteiger partial charge < -0.3 is 9.84 Å². The van der Waals surface area contributed by atoms with Crippen LogP contribution in [0.3, 0.4) is 0 Å². The lowest BCUT2D eigenvalue weighted by molar-refractivity contribution is -0.189. The number of benzene rings is 2. The van der Waals surface area contributed by atoms with E-state index in [0.29, 0.717) is 13.0 Å². The second-order valence-corrected chi connectivity index (χ2v) is 5.28. The quantitative estimate of drug-likeness (QED) is 0.615. The van der Waals surface area contributed by atoms with Gasteiger partial charge in [-0.1, -0.05) is 60.7 Å². The van der Waals surface area contributed by atoms with E-state index < -0.39 is 5.79 Å². The number of ether oxygens (including phenoxy) is 1. The Balaban J connectivity index is 1.72. The highest BCUT2D eigenvalue weighted by Gasteiger charge is 2.21. The molecule has 2 heteroatoms. The van der Waals surface area contributed by atoms with E-state index in [-0.39, 0.29) is 0 Å². The molecule has 2 aromatic rings. The van der Waals surface area contributed by atoms with Crippen molar-refractivity contribution < 1.29 is 9.84 Å². The molecular formula is C18H22O2. The van der Waals surface area contributed by atoms with E-state index in [2.05, 4.69) is 12.1 Å². The molecular weight excluding hydrogens is 248 g/mol. The predicted molar refractivity (Wildman–Crippen MR) is 81.5 cm³/mol. The van der Waals surface area contributed by atoms with Crippen molar-refractivity contribution in [2.24, 2.45) is 0 Å². The molecule has 1 N–H and O–H groups in total. The molecule has 1 unspecified atom stereocenters. The van der Waals surface area contributed by atoms with E-state index in [1.54, 1.807) is 6.92 Å². The molecule has 0 radical (unpaired) electrons. The maximum atomic E-state index is 10.2. The molecule has 2 nitrogen and oxygen atoms in total. The highest BCUT2D eigenvalue weighted by molar-refractivity contribution is 5.16. The normalized spacial score (nSPS) is 13.9. The lowest BCUT2D eigenvalue weighted by Gasteiger charge is -2.24. The van der Waals surface area contributed by atoms with Crippen LogP contribution in [0.1, 0.15) is 24.5 Å². The van der Waals surface area contributed by atoms with Crippen LogP contribution >= 0.6 is 0 Å². The molecule has 106 valence electrons. The number of hydrogen-bond acceptors (Lipinski definition) is 2. The standard InChI is InChI=1S/C18H22O2/c1-18(19,15-17-11-6-3-7-12-17)20-14-8-13-16-9-4-2-5-10-16/h2-7,9-12,19H,8,13-15H2,1H3. The van der Waals surface area contributed by atoms with Crippen molar-refractivity contribution in [2.45, 2.75) is 32.0 Å². The fourth-order valence-corrected chi connectivity index (χ4v) is 2.24. The summed E-state index contributed by atoms with van der Waals surface area (Å²) < 4.78 is 5.61. The lowest BCUT2D eigenvalue weighted by Crippen LogP contribution is -2.31. The minimum absolute atomic E-state index is 0.513. The van der Waals surface area contributed by atoms with Crippen molar-refractivity contribution in [3.8, 4) is 0 Å². The van der Waals surface area contributed by atoms with Gasteiger partial charge in [0.1, 0.15) is 0 Å². The molecule has 0 spiro atoms. The van der Waals surface area contributed by atoms with E-state index in [1.165, 1.54) is 5.56 Å². The van der Waals surface area contributed by atoms with Gasteiger partial charge in [0, 0.05) is 6.42 Å². The summed E-state index contributed by atoms with van der Waals surface area (Å²) in [4.78, 5) is 0. The zero-order valence-corrected chi connectivity index (χ0v) is 12.0. The molecule has 1 atom stereocenters. The SMILES string of the molecule is CC(O)(Cc1ccccc1)OCCCc1ccccc1. The predicted octanol–water partition coefficient (Wildman–Crippen LogP) is 3.59. The number of aliphatic hydroxyl groups is 1. The van der Waals surface area contributed by atoms with Crippen LogP contribution in [0.5, 0.6) is 0 Å². The van der Waals surface area contributed by atoms with Gasteiger partial charge in [0.2, 0.25) is 0 Å². The minimum Gasteiger partial charge on any atom is -0.365 e. The first-order valence-electron chi connectivity index (χ1n) is 7.10. The smallest absolute Gasteiger partial charge is 0.166 e. The van der Waals surface area contributed by atoms with Crippen molar-refractivity contribution in [1.29, 1.82) is 0 Å². The van der Waals surface area contributed by atoms with Crippen LogP contribution in [0.2, 0.25) is 0 Å². The Morgan fingerprint density at radius 2 is 1.45 bits per heavy atom. The first-order valence-corrected chi connectivity index (χ1v) is 7.10. The first kappa shape index (κ1) is 14.8. The van der Waals surface area contributed by atoms with Crippen LogP contribution in [-0.4, -0.2) is 17.5 Å². The zero-order valence-electron chi connectivity index (χ0n) is 12.0. The van der Waals surface area contributed by atoms with Gasteiger partial charge in [0.05, 0.1) is 6.61 Å². The maximum absolute atomic E-state index is 10.2. The fourth-order valence-electron chi connectivity index (χ4n) is 2.24. The molecule has 0 saturated carbocycles. The molecule has 2 rings (SSSR count). The zero-order chi connectivity index (χ0) is 14.3. The Hall–Kier alpha value is -1.64. The second kappa shape index (κ2) is 7.22. The van der Waals surface area contributed by atoms with Crippen molar-refractivity contribution in [1.82, 2.24) is 0 Å². The van der Waals surface area contributed by atoms with E-state index in [1.807, 2.05) is 48.5 Å². The van der Waals surface area contributed by atoms with Crippen LogP contribution < -0.4 is 0 Å². The van der Waals surface area contributed by atoms with Crippen LogP contribution in [0, 0.1) is 0 Å². The Morgan fingerprint density at radius 1 is 0.900 bits per heavy atom. The monoisotopic (exact) mass is 270 g/mol. The van der Waals surface area contributed by atoms with Crippen molar-refractivity contribution in [3.05, 3.63) is 71.8 Å². The van der Waals surface area contributed by atoms with Gasteiger partial charge in [-0.25, -0.2) is 0 Å². The summed E-state index contributed by atoms with van der Waals surface area (Å²) in [6.45, 7) is 2.29. The molecule has 0 aliphatic carbocycles. The van der Waals surface area contributed by atoms with Crippen LogP contribution in [0.25, 0.3) is 0 Å². The Kier molecular flexibility index (Phi) is 5.33. The second-order valence-electron chi connectivity index (χ2n) is 5.28. The van der Waals surface area contributed by atoms with Crippen LogP contribution in [0.4, 0.5) is 0 Å². The fraction of sp³-hybridized carbons (Fsp3) is 0.333. The highest BCUT2D eigenvalue weighted by atomic mass is 16.6. The summed E-state index contributed by atoms with van der Waals surface area (Å²) in [6, 6.07) is 20.3. The van der Waals surface area contributed by atoms with Gasteiger partial charge in [-0.2, -0.15) is 0 Å². The number of rotatable bonds is 7. The third-order valence-electron chi connectivity index (χ3n) is 3.24. The van der Waals surface area contributed by atoms with E-state index in [4.69, 9.17) is 4.74 Å². The molecule has 2 aromatic carbocycles. The summed E-state index contributed by atoms with van der Waals surface area (Å²) in [5.74, 6) is -1.10. The van der Waals surface area contributed by atoms with E-state index >= 15 is 0 Å². The topological polar surface area (TPSA) is 29.5 Å². The summed E-state index contributed by atoms with van der Waals surface area (Å²) in [5.41, 5.74) is 2.39. The van der Waals surface area contributed by atoms with Gasteiger partial charge in [-0.3, -0.25) is 0 Å². The number of aryl methyl sites for hydroxylation is 1. The van der Waals surface area contributed by atoms with E-state index in [9.17, 15) is 5.11 Å². The molecule has 0 heterocycles. The van der Waals surface area contributed by atoms with Gasteiger partial charge >= 0.3 is 0 Å². The van der Waals surface area contributed by atoms with Crippen molar-refractivity contribution in [2.75, 3.05) is 6.61 Å². The molecule has 0 saturated heterocycles. The van der Waals surface area contributed by atoms with Crippen LogP contribution in [0.15, 0.2) is 60.7 Å². The Labute approximate surface area is 121 Å². The molecule has 0 bridgehead atoms. The average Bonchev–Trinajstić information content (AvgIpc) is 2.45. The van der Waals surface area contributed by atoms with Gasteiger partial charge in [0.25, 0.3) is 0 Å². The van der Waals surface area contributed by atoms with Crippen molar-refractivity contribution in [3.63, 3.8) is 0 Å². The third-order valence-corrected chi connectivity index (χ3v) is 3.24. The highest BCUT2D eigenvalue weighted by Crippen LogP contribution is 2.15. The van der Waals surface area contributed by atoms with E-state index in [0.717, 1.165) is 18.4 Å². The maximum Gasteiger partial charge on any atom is 0.166 e. The summed E-state index contributed by atoms with van der Waals surface area (Å²) >= 11 is 0. The van der Waals surface area contributed by atoms with Gasteiger partial charge in [-0.15, -0.1) is 0 Å². The molecule has 0 aromatic heterocycles. The minimum atomic E-state index is -1.10. The molecule has 0 aliphatic heterocycles. The molecule has 20 heavy (non-hydrogen) atoms. The molecule has 0 aliphatic rings. The first-order chi connectivity index (χ1) is 9.66. The lowest BCUT2D eigenvalue weighted by atomic mass is 10.1. The summed E-state index contributed by atoms with van der Waals surface area (Å²) in [7, 11) is 0. The van der Waals surface area contributed by atoms with Gasteiger partial charge in [-0.05, 0) is 30.9 Å². The largest absolute Gasteiger partial charge is 0.365 e. The third kappa shape index (κ3) is 5.16. The Bertz CT molecular complexity index is 491. The molecule has 0 amide bonds.